The quantitative estimate of drug-likeness (QED) is 0.650. The number of guanidine groups is 1. The Hall–Kier alpha value is -3.15. The molecular weight excluding hydrogens is 321 g/mol. The molecule has 0 saturated carbocycles. The van der Waals surface area contributed by atoms with Crippen LogP contribution >= 0.6 is 0 Å². The minimum atomic E-state index is -0.565. The minimum Gasteiger partial charge on any atom is -0.486 e. The lowest BCUT2D eigenvalue weighted by atomic mass is 9.91. The summed E-state index contributed by atoms with van der Waals surface area (Å²) in [6.45, 7) is 3.70. The van der Waals surface area contributed by atoms with Crippen molar-refractivity contribution in [3.8, 4) is 5.75 Å². The van der Waals surface area contributed by atoms with Gasteiger partial charge in [0.1, 0.15) is 17.7 Å². The summed E-state index contributed by atoms with van der Waals surface area (Å²) in [5.41, 5.74) is 13.4. The van der Waals surface area contributed by atoms with Gasteiger partial charge in [-0.15, -0.1) is 0 Å². The zero-order valence-electron chi connectivity index (χ0n) is 13.9. The number of aryl methyl sites for hydroxylation is 1. The second kappa shape index (κ2) is 6.39. The molecule has 0 saturated heterocycles. The molecule has 0 fully saturated rings. The van der Waals surface area contributed by atoms with Crippen molar-refractivity contribution in [1.29, 1.82) is 0 Å². The predicted octanol–water partition coefficient (Wildman–Crippen LogP) is 2.76. The number of rotatable bonds is 2. The van der Waals surface area contributed by atoms with E-state index in [1.165, 1.54) is 6.07 Å². The molecule has 3 rings (SSSR count). The predicted molar refractivity (Wildman–Crippen MR) is 94.9 cm³/mol. The van der Waals surface area contributed by atoms with Gasteiger partial charge in [0, 0.05) is 16.7 Å². The van der Waals surface area contributed by atoms with E-state index in [1.807, 2.05) is 26.0 Å². The number of amides is 1. The van der Waals surface area contributed by atoms with Gasteiger partial charge in [-0.05, 0) is 55.3 Å². The number of aliphatic imine (C=N–C) groups is 1. The lowest BCUT2D eigenvalue weighted by Crippen LogP contribution is -2.24. The number of benzene rings is 2. The maximum Gasteiger partial charge on any atom is 0.280 e. The largest absolute Gasteiger partial charge is 0.486 e. The van der Waals surface area contributed by atoms with Crippen LogP contribution in [-0.4, -0.2) is 18.0 Å². The van der Waals surface area contributed by atoms with Gasteiger partial charge in [-0.25, -0.2) is 4.39 Å². The van der Waals surface area contributed by atoms with Gasteiger partial charge in [-0.2, -0.15) is 4.99 Å². The number of nitrogens with zero attached hydrogens (tertiary/aromatic N) is 1. The van der Waals surface area contributed by atoms with Gasteiger partial charge in [0.25, 0.3) is 5.91 Å². The van der Waals surface area contributed by atoms with Crippen molar-refractivity contribution in [3.63, 3.8) is 0 Å². The van der Waals surface area contributed by atoms with Crippen molar-refractivity contribution >= 4 is 17.4 Å². The van der Waals surface area contributed by atoms with Gasteiger partial charge in [0.2, 0.25) is 0 Å². The lowest BCUT2D eigenvalue weighted by Gasteiger charge is -2.24. The molecule has 5 nitrogen and oxygen atoms in total. The summed E-state index contributed by atoms with van der Waals surface area (Å²) in [6.07, 6.45) is 1.60. The molecular formula is C19H18FN3O2. The van der Waals surface area contributed by atoms with E-state index in [-0.39, 0.29) is 17.9 Å². The molecule has 1 heterocycles. The first-order chi connectivity index (χ1) is 11.8. The zero-order chi connectivity index (χ0) is 18.1. The maximum atomic E-state index is 14.5. The normalized spacial score (nSPS) is 15.6. The zero-order valence-corrected chi connectivity index (χ0v) is 13.9. The summed E-state index contributed by atoms with van der Waals surface area (Å²) in [4.78, 5) is 15.6. The van der Waals surface area contributed by atoms with E-state index in [9.17, 15) is 9.18 Å². The van der Waals surface area contributed by atoms with Crippen molar-refractivity contribution in [2.45, 2.75) is 20.0 Å². The molecule has 6 heteroatoms. The van der Waals surface area contributed by atoms with Gasteiger partial charge in [0.05, 0.1) is 0 Å². The first kappa shape index (κ1) is 16.7. The van der Waals surface area contributed by atoms with Crippen LogP contribution in [0, 0.1) is 12.7 Å². The summed E-state index contributed by atoms with van der Waals surface area (Å²) in [5.74, 6) is -0.628. The van der Waals surface area contributed by atoms with Crippen molar-refractivity contribution in [1.82, 2.24) is 0 Å². The molecule has 0 spiro atoms. The van der Waals surface area contributed by atoms with Crippen molar-refractivity contribution in [2.24, 2.45) is 16.5 Å². The average molecular weight is 339 g/mol. The highest BCUT2D eigenvalue weighted by Crippen LogP contribution is 2.37. The Labute approximate surface area is 144 Å². The van der Waals surface area contributed by atoms with Crippen molar-refractivity contribution in [3.05, 3.63) is 70.5 Å². The van der Waals surface area contributed by atoms with Crippen LogP contribution in [0.1, 0.15) is 34.0 Å². The Morgan fingerprint density at radius 1 is 1.16 bits per heavy atom. The third-order valence-electron chi connectivity index (χ3n) is 3.88. The van der Waals surface area contributed by atoms with Crippen molar-refractivity contribution in [2.75, 3.05) is 0 Å². The maximum absolute atomic E-state index is 14.5. The minimum absolute atomic E-state index is 0.220. The van der Waals surface area contributed by atoms with Gasteiger partial charge >= 0.3 is 0 Å². The van der Waals surface area contributed by atoms with Crippen LogP contribution in [0.2, 0.25) is 0 Å². The Morgan fingerprint density at radius 2 is 1.92 bits per heavy atom. The molecule has 0 aliphatic carbocycles. The Kier molecular flexibility index (Phi) is 4.27. The monoisotopic (exact) mass is 339 g/mol. The highest BCUT2D eigenvalue weighted by molar-refractivity contribution is 6.03. The summed E-state index contributed by atoms with van der Waals surface area (Å²) < 4.78 is 20.3. The van der Waals surface area contributed by atoms with Crippen LogP contribution in [0.15, 0.2) is 47.5 Å². The molecule has 0 radical (unpaired) electrons. The van der Waals surface area contributed by atoms with Gasteiger partial charge in [-0.1, -0.05) is 12.1 Å². The standard InChI is InChI=1S/C19H18FN3O2/c1-10-3-5-13(16(20)7-10)14-8-11(2)25-17-6-4-12(9-15(14)17)18(24)23-19(21)22/h3-9,11H,1-2H3,(H4,21,22,23,24). The highest BCUT2D eigenvalue weighted by Gasteiger charge is 2.22. The Morgan fingerprint density at radius 3 is 2.60 bits per heavy atom. The van der Waals surface area contributed by atoms with E-state index in [4.69, 9.17) is 16.2 Å². The Bertz CT molecular complexity index is 915. The summed E-state index contributed by atoms with van der Waals surface area (Å²) >= 11 is 0. The van der Waals surface area contributed by atoms with E-state index < -0.39 is 5.91 Å². The molecule has 2 aromatic rings. The fourth-order valence-corrected chi connectivity index (χ4v) is 2.79. The number of hydrogen-bond acceptors (Lipinski definition) is 2. The number of carbonyl (C=O) groups excluding carboxylic acids is 1. The second-order valence-electron chi connectivity index (χ2n) is 5.94. The summed E-state index contributed by atoms with van der Waals surface area (Å²) in [6, 6.07) is 9.90. The van der Waals surface area contributed by atoms with Crippen LogP contribution in [0.5, 0.6) is 5.75 Å². The third kappa shape index (κ3) is 3.38. The molecule has 2 aromatic carbocycles. The van der Waals surface area contributed by atoms with Crippen molar-refractivity contribution < 1.29 is 13.9 Å². The van der Waals surface area contributed by atoms with E-state index in [2.05, 4.69) is 4.99 Å². The fraction of sp³-hybridized carbons (Fsp3) is 0.158. The van der Waals surface area contributed by atoms with Gasteiger partial charge < -0.3 is 16.2 Å². The van der Waals surface area contributed by atoms with E-state index in [0.29, 0.717) is 28.0 Å². The number of nitrogens with two attached hydrogens (primary N) is 2. The van der Waals surface area contributed by atoms with E-state index in [1.54, 1.807) is 24.3 Å². The molecule has 4 N–H and O–H groups in total. The molecule has 0 bridgehead atoms. The molecule has 1 atom stereocenters. The number of ether oxygens (including phenoxy) is 1. The van der Waals surface area contributed by atoms with E-state index in [0.717, 1.165) is 5.56 Å². The highest BCUT2D eigenvalue weighted by atomic mass is 19.1. The van der Waals surface area contributed by atoms with Gasteiger partial charge in [-0.3, -0.25) is 4.79 Å². The smallest absolute Gasteiger partial charge is 0.280 e. The molecule has 1 aliphatic heterocycles. The number of fused-ring (bicyclic) bond motifs is 1. The summed E-state index contributed by atoms with van der Waals surface area (Å²) in [5, 5.41) is 0. The lowest BCUT2D eigenvalue weighted by molar-refractivity contribution is 0.100. The average Bonchev–Trinajstić information content (AvgIpc) is 2.53. The molecule has 1 aliphatic rings. The van der Waals surface area contributed by atoms with Crippen LogP contribution in [0.25, 0.3) is 5.57 Å². The van der Waals surface area contributed by atoms with Gasteiger partial charge in [0.15, 0.2) is 5.96 Å². The fourth-order valence-electron chi connectivity index (χ4n) is 2.79. The first-order valence-corrected chi connectivity index (χ1v) is 7.78. The van der Waals surface area contributed by atoms with Crippen LogP contribution in [0.3, 0.4) is 0 Å². The number of halogens is 1. The Balaban J connectivity index is 2.13. The van der Waals surface area contributed by atoms with E-state index >= 15 is 0 Å². The molecule has 128 valence electrons. The topological polar surface area (TPSA) is 90.7 Å². The first-order valence-electron chi connectivity index (χ1n) is 7.78. The number of carbonyl (C=O) groups is 1. The van der Waals surface area contributed by atoms with Crippen LogP contribution in [0.4, 0.5) is 4.39 Å². The molecule has 1 unspecified atom stereocenters. The third-order valence-corrected chi connectivity index (χ3v) is 3.88. The molecule has 0 aromatic heterocycles. The van der Waals surface area contributed by atoms with Crippen LogP contribution < -0.4 is 16.2 Å². The summed E-state index contributed by atoms with van der Waals surface area (Å²) in [7, 11) is 0. The molecule has 1 amide bonds. The number of hydrogen-bond donors (Lipinski definition) is 2. The SMILES string of the molecule is Cc1ccc(C2=CC(C)Oc3ccc(C(=O)N=C(N)N)cc32)c(F)c1. The second-order valence-corrected chi connectivity index (χ2v) is 5.94. The van der Waals surface area contributed by atoms with Crippen LogP contribution in [-0.2, 0) is 0 Å². The molecule has 25 heavy (non-hydrogen) atoms.